The molecule has 0 heterocycles. The van der Waals surface area contributed by atoms with Gasteiger partial charge in [-0.1, -0.05) is 31.0 Å². The van der Waals surface area contributed by atoms with Crippen LogP contribution >= 0.6 is 0 Å². The summed E-state index contributed by atoms with van der Waals surface area (Å²) in [7, 11) is 0. The van der Waals surface area contributed by atoms with Gasteiger partial charge in [0.15, 0.2) is 0 Å². The van der Waals surface area contributed by atoms with E-state index in [-0.39, 0.29) is 0 Å². The molecule has 0 atom stereocenters. The lowest BCUT2D eigenvalue weighted by Gasteiger charge is -2.01. The zero-order chi connectivity index (χ0) is 8.81. The van der Waals surface area contributed by atoms with E-state index in [1.807, 2.05) is 0 Å². The second-order valence-corrected chi connectivity index (χ2v) is 3.07. The lowest BCUT2D eigenvalue weighted by atomic mass is 10.2. The van der Waals surface area contributed by atoms with Crippen LogP contribution in [0.4, 0.5) is 5.69 Å². The number of rotatable bonds is 4. The Balaban J connectivity index is 2.37. The molecule has 1 rings (SSSR count). The number of hydrogen-bond acceptors (Lipinski definition) is 0. The minimum atomic E-state index is 0.958. The van der Waals surface area contributed by atoms with Crippen LogP contribution in [0.25, 0.3) is 0 Å². The highest BCUT2D eigenvalue weighted by Gasteiger charge is 1.91. The third-order valence-electron chi connectivity index (χ3n) is 1.84. The quantitative estimate of drug-likeness (QED) is 0.604. The second-order valence-electron chi connectivity index (χ2n) is 3.07. The van der Waals surface area contributed by atoms with Crippen LogP contribution in [0.3, 0.4) is 0 Å². The van der Waals surface area contributed by atoms with Crippen LogP contribution in [0, 0.1) is 6.92 Å². The number of benzene rings is 1. The van der Waals surface area contributed by atoms with Gasteiger partial charge in [-0.2, -0.15) is 0 Å². The first-order chi connectivity index (χ1) is 5.83. The average Bonchev–Trinajstić information content (AvgIpc) is 2.09. The predicted molar refractivity (Wildman–Crippen MR) is 52.7 cm³/mol. The lowest BCUT2D eigenvalue weighted by molar-refractivity contribution is 0.732. The first-order valence-electron chi connectivity index (χ1n) is 4.57. The van der Waals surface area contributed by atoms with Crippen molar-refractivity contribution in [2.75, 3.05) is 6.54 Å². The summed E-state index contributed by atoms with van der Waals surface area (Å²) in [6, 6.07) is 8.35. The van der Waals surface area contributed by atoms with Crippen LogP contribution in [0.15, 0.2) is 24.3 Å². The van der Waals surface area contributed by atoms with Gasteiger partial charge in [-0.25, -0.2) is 0 Å². The Hall–Kier alpha value is -0.980. The van der Waals surface area contributed by atoms with Crippen LogP contribution in [0.5, 0.6) is 0 Å². The van der Waals surface area contributed by atoms with Crippen molar-refractivity contribution in [1.29, 1.82) is 0 Å². The molecular formula is C11H16N. The standard InChI is InChI=1S/C11H16N/c1-3-4-9-12-11-7-5-10(2)6-8-11/h5-8H,3-4,9H2,1-2H3. The third-order valence-corrected chi connectivity index (χ3v) is 1.84. The highest BCUT2D eigenvalue weighted by atomic mass is 14.9. The Labute approximate surface area is 74.8 Å². The molecule has 0 N–H and O–H groups in total. The highest BCUT2D eigenvalue weighted by molar-refractivity contribution is 5.37. The molecule has 1 aromatic carbocycles. The summed E-state index contributed by atoms with van der Waals surface area (Å²) >= 11 is 0. The first kappa shape index (κ1) is 9.11. The summed E-state index contributed by atoms with van der Waals surface area (Å²) < 4.78 is 0. The fourth-order valence-electron chi connectivity index (χ4n) is 1.02. The monoisotopic (exact) mass is 162 g/mol. The van der Waals surface area contributed by atoms with E-state index in [4.69, 9.17) is 0 Å². The van der Waals surface area contributed by atoms with E-state index in [0.717, 1.165) is 12.2 Å². The Morgan fingerprint density at radius 3 is 2.42 bits per heavy atom. The third kappa shape index (κ3) is 2.95. The largest absolute Gasteiger partial charge is 0.285 e. The number of hydrogen-bond donors (Lipinski definition) is 0. The maximum absolute atomic E-state index is 4.44. The van der Waals surface area contributed by atoms with E-state index in [2.05, 4.69) is 43.4 Å². The van der Waals surface area contributed by atoms with Crippen LogP contribution < -0.4 is 5.32 Å². The van der Waals surface area contributed by atoms with Crippen LogP contribution in [0.2, 0.25) is 0 Å². The van der Waals surface area contributed by atoms with E-state index in [1.54, 1.807) is 0 Å². The zero-order valence-electron chi connectivity index (χ0n) is 7.88. The zero-order valence-corrected chi connectivity index (χ0v) is 7.88. The fourth-order valence-corrected chi connectivity index (χ4v) is 1.02. The van der Waals surface area contributed by atoms with E-state index in [9.17, 15) is 0 Å². The maximum atomic E-state index is 4.44. The van der Waals surface area contributed by atoms with Crippen LogP contribution in [-0.4, -0.2) is 6.54 Å². The maximum Gasteiger partial charge on any atom is 0.0574 e. The van der Waals surface area contributed by atoms with Gasteiger partial charge in [0.05, 0.1) is 5.69 Å². The van der Waals surface area contributed by atoms with Gasteiger partial charge in [-0.15, -0.1) is 0 Å². The van der Waals surface area contributed by atoms with Gasteiger partial charge in [-0.3, -0.25) is 5.32 Å². The molecule has 1 nitrogen and oxygen atoms in total. The summed E-state index contributed by atoms with van der Waals surface area (Å²) in [5.41, 5.74) is 2.40. The lowest BCUT2D eigenvalue weighted by Crippen LogP contribution is -1.98. The molecule has 12 heavy (non-hydrogen) atoms. The normalized spacial score (nSPS) is 9.83. The van der Waals surface area contributed by atoms with Gasteiger partial charge in [0.25, 0.3) is 0 Å². The van der Waals surface area contributed by atoms with Crippen molar-refractivity contribution in [3.63, 3.8) is 0 Å². The van der Waals surface area contributed by atoms with Crippen molar-refractivity contribution < 1.29 is 0 Å². The van der Waals surface area contributed by atoms with Crippen molar-refractivity contribution in [3.8, 4) is 0 Å². The molecule has 0 spiro atoms. The summed E-state index contributed by atoms with van der Waals surface area (Å²) in [5, 5.41) is 4.44. The van der Waals surface area contributed by atoms with Crippen LogP contribution in [-0.2, 0) is 0 Å². The Morgan fingerprint density at radius 2 is 1.83 bits per heavy atom. The molecule has 1 aromatic rings. The van der Waals surface area contributed by atoms with Gasteiger partial charge in [0.1, 0.15) is 0 Å². The molecule has 0 saturated heterocycles. The molecule has 0 bridgehead atoms. The summed E-state index contributed by atoms with van der Waals surface area (Å²) in [4.78, 5) is 0. The van der Waals surface area contributed by atoms with Crippen molar-refractivity contribution >= 4 is 5.69 Å². The topological polar surface area (TPSA) is 14.1 Å². The summed E-state index contributed by atoms with van der Waals surface area (Å²) in [6.07, 6.45) is 2.41. The minimum Gasteiger partial charge on any atom is -0.285 e. The average molecular weight is 162 g/mol. The highest BCUT2D eigenvalue weighted by Crippen LogP contribution is 2.08. The van der Waals surface area contributed by atoms with E-state index in [1.165, 1.54) is 18.4 Å². The first-order valence-corrected chi connectivity index (χ1v) is 4.57. The molecule has 1 heteroatoms. The van der Waals surface area contributed by atoms with Gasteiger partial charge in [0.2, 0.25) is 0 Å². The Bertz CT molecular complexity index is 213. The molecule has 0 unspecified atom stereocenters. The van der Waals surface area contributed by atoms with E-state index >= 15 is 0 Å². The molecule has 0 amide bonds. The Kier molecular flexibility index (Phi) is 3.65. The van der Waals surface area contributed by atoms with Crippen LogP contribution in [0.1, 0.15) is 25.3 Å². The fraction of sp³-hybridized carbons (Fsp3) is 0.455. The number of unbranched alkanes of at least 4 members (excludes halogenated alkanes) is 1. The SMILES string of the molecule is CCCC[N]c1ccc(C)cc1. The number of nitrogens with zero attached hydrogens (tertiary/aromatic N) is 1. The second kappa shape index (κ2) is 4.81. The molecule has 0 fully saturated rings. The van der Waals surface area contributed by atoms with E-state index in [0.29, 0.717) is 0 Å². The van der Waals surface area contributed by atoms with Crippen molar-refractivity contribution in [2.24, 2.45) is 0 Å². The molecule has 0 saturated carbocycles. The van der Waals surface area contributed by atoms with Gasteiger partial charge in [-0.05, 0) is 25.5 Å². The molecule has 0 aliphatic rings. The molecule has 0 aliphatic heterocycles. The molecular weight excluding hydrogens is 146 g/mol. The summed E-state index contributed by atoms with van der Waals surface area (Å²) in [6.45, 7) is 5.24. The van der Waals surface area contributed by atoms with Crippen molar-refractivity contribution in [2.45, 2.75) is 26.7 Å². The van der Waals surface area contributed by atoms with Crippen molar-refractivity contribution in [3.05, 3.63) is 29.8 Å². The molecule has 0 aliphatic carbocycles. The van der Waals surface area contributed by atoms with Gasteiger partial charge < -0.3 is 0 Å². The molecule has 65 valence electrons. The van der Waals surface area contributed by atoms with Crippen molar-refractivity contribution in [1.82, 2.24) is 5.32 Å². The van der Waals surface area contributed by atoms with E-state index < -0.39 is 0 Å². The summed E-state index contributed by atoms with van der Waals surface area (Å²) in [5.74, 6) is 0. The molecule has 1 radical (unpaired) electrons. The van der Waals surface area contributed by atoms with Gasteiger partial charge >= 0.3 is 0 Å². The smallest absolute Gasteiger partial charge is 0.0574 e. The predicted octanol–water partition coefficient (Wildman–Crippen LogP) is 3.03. The number of aryl methyl sites for hydroxylation is 1. The van der Waals surface area contributed by atoms with Gasteiger partial charge in [0, 0.05) is 6.54 Å². The minimum absolute atomic E-state index is 0.958. The molecule has 0 aromatic heterocycles. The Morgan fingerprint density at radius 1 is 1.17 bits per heavy atom.